The molecule has 1 saturated carbocycles. The predicted octanol–water partition coefficient (Wildman–Crippen LogP) is 1.50. The van der Waals surface area contributed by atoms with Gasteiger partial charge in [0, 0.05) is 0 Å². The number of carbonyl (C=O) groups is 1. The maximum absolute atomic E-state index is 12.4. The second-order valence-corrected chi connectivity index (χ2v) is 6.51. The smallest absolute Gasteiger partial charge is 0.250 e. The van der Waals surface area contributed by atoms with Gasteiger partial charge in [-0.05, 0) is 25.0 Å². The average molecular weight is 253 g/mol. The first-order valence-corrected chi connectivity index (χ1v) is 7.21. The van der Waals surface area contributed by atoms with Crippen LogP contribution in [0.4, 0.5) is 0 Å². The molecule has 0 radical (unpaired) electrons. The minimum atomic E-state index is -3.42. The summed E-state index contributed by atoms with van der Waals surface area (Å²) in [6, 6.07) is 6.17. The molecule has 0 aromatic heterocycles. The van der Waals surface area contributed by atoms with Crippen LogP contribution in [-0.2, 0) is 9.84 Å². The molecule has 2 N–H and O–H groups in total. The van der Waals surface area contributed by atoms with Crippen molar-refractivity contribution in [3.05, 3.63) is 29.8 Å². The molecule has 1 aromatic carbocycles. The number of primary amides is 1. The summed E-state index contributed by atoms with van der Waals surface area (Å²) in [4.78, 5) is 11.3. The quantitative estimate of drug-likeness (QED) is 0.886. The van der Waals surface area contributed by atoms with Crippen LogP contribution >= 0.6 is 0 Å². The second-order valence-electron chi connectivity index (χ2n) is 4.31. The average Bonchev–Trinajstić information content (AvgIpc) is 2.83. The molecular formula is C12H15NO3S. The molecule has 1 amide bonds. The van der Waals surface area contributed by atoms with Crippen LogP contribution in [0, 0.1) is 0 Å². The standard InChI is InChI=1S/C12H15NO3S/c13-12(14)10-7-3-4-8-11(10)17(15,16)9-5-1-2-6-9/h3-4,7-9H,1-2,5-6H2,(H2,13,14). The molecule has 4 nitrogen and oxygen atoms in total. The van der Waals surface area contributed by atoms with Crippen LogP contribution in [0.5, 0.6) is 0 Å². The summed E-state index contributed by atoms with van der Waals surface area (Å²) in [5, 5.41) is -0.358. The maximum Gasteiger partial charge on any atom is 0.250 e. The van der Waals surface area contributed by atoms with Gasteiger partial charge in [-0.25, -0.2) is 8.42 Å². The highest BCUT2D eigenvalue weighted by molar-refractivity contribution is 7.92. The van der Waals surface area contributed by atoms with Crippen LogP contribution in [-0.4, -0.2) is 19.6 Å². The Morgan fingerprint density at radius 1 is 1.18 bits per heavy atom. The van der Waals surface area contributed by atoms with Crippen molar-refractivity contribution in [1.29, 1.82) is 0 Å². The third-order valence-electron chi connectivity index (χ3n) is 3.20. The van der Waals surface area contributed by atoms with Crippen LogP contribution in [0.1, 0.15) is 36.0 Å². The van der Waals surface area contributed by atoms with Gasteiger partial charge in [0.05, 0.1) is 15.7 Å². The summed E-state index contributed by atoms with van der Waals surface area (Å²) in [7, 11) is -3.42. The summed E-state index contributed by atoms with van der Waals surface area (Å²) in [5.74, 6) is -0.692. The predicted molar refractivity (Wildman–Crippen MR) is 64.4 cm³/mol. The Labute approximate surface area is 101 Å². The van der Waals surface area contributed by atoms with Gasteiger partial charge < -0.3 is 5.73 Å². The normalized spacial score (nSPS) is 17.2. The first-order chi connectivity index (χ1) is 8.03. The Morgan fingerprint density at radius 3 is 2.35 bits per heavy atom. The zero-order valence-corrected chi connectivity index (χ0v) is 10.2. The molecule has 92 valence electrons. The van der Waals surface area contributed by atoms with E-state index in [1.54, 1.807) is 12.1 Å². The lowest BCUT2D eigenvalue weighted by Crippen LogP contribution is -2.22. The summed E-state index contributed by atoms with van der Waals surface area (Å²) < 4.78 is 24.7. The highest BCUT2D eigenvalue weighted by Gasteiger charge is 2.32. The molecule has 5 heteroatoms. The molecule has 1 aliphatic rings. The first kappa shape index (κ1) is 12.1. The molecule has 1 aliphatic carbocycles. The van der Waals surface area contributed by atoms with Gasteiger partial charge in [0.2, 0.25) is 5.91 Å². The zero-order valence-electron chi connectivity index (χ0n) is 9.43. The zero-order chi connectivity index (χ0) is 12.5. The van der Waals surface area contributed by atoms with E-state index < -0.39 is 15.7 Å². The van der Waals surface area contributed by atoms with E-state index in [0.29, 0.717) is 12.8 Å². The highest BCUT2D eigenvalue weighted by atomic mass is 32.2. The number of hydrogen-bond donors (Lipinski definition) is 1. The Balaban J connectivity index is 2.49. The molecule has 1 fully saturated rings. The van der Waals surface area contributed by atoms with Gasteiger partial charge in [-0.1, -0.05) is 25.0 Å². The summed E-state index contributed by atoms with van der Waals surface area (Å²) >= 11 is 0. The molecule has 17 heavy (non-hydrogen) atoms. The molecule has 0 bridgehead atoms. The Morgan fingerprint density at radius 2 is 1.76 bits per heavy atom. The number of rotatable bonds is 3. The molecule has 0 aliphatic heterocycles. The fraction of sp³-hybridized carbons (Fsp3) is 0.417. The van der Waals surface area contributed by atoms with Crippen molar-refractivity contribution in [1.82, 2.24) is 0 Å². The lowest BCUT2D eigenvalue weighted by atomic mass is 10.2. The number of benzene rings is 1. The lowest BCUT2D eigenvalue weighted by molar-refractivity contribution is 0.0997. The van der Waals surface area contributed by atoms with Crippen LogP contribution in [0.25, 0.3) is 0 Å². The molecule has 2 rings (SSSR count). The molecule has 0 spiro atoms. The summed E-state index contributed by atoms with van der Waals surface area (Å²) in [6.45, 7) is 0. The molecule has 0 unspecified atom stereocenters. The molecule has 0 atom stereocenters. The molecule has 0 heterocycles. The van der Waals surface area contributed by atoms with Gasteiger partial charge >= 0.3 is 0 Å². The highest BCUT2D eigenvalue weighted by Crippen LogP contribution is 2.30. The largest absolute Gasteiger partial charge is 0.366 e. The van der Waals surface area contributed by atoms with Gasteiger partial charge in [-0.3, -0.25) is 4.79 Å². The molecule has 1 aromatic rings. The van der Waals surface area contributed by atoms with E-state index in [9.17, 15) is 13.2 Å². The van der Waals surface area contributed by atoms with Gasteiger partial charge in [0.25, 0.3) is 0 Å². The van der Waals surface area contributed by atoms with Crippen LogP contribution in [0.2, 0.25) is 0 Å². The number of nitrogens with two attached hydrogens (primary N) is 1. The Kier molecular flexibility index (Phi) is 3.19. The van der Waals surface area contributed by atoms with E-state index in [0.717, 1.165) is 12.8 Å². The van der Waals surface area contributed by atoms with Crippen molar-refractivity contribution >= 4 is 15.7 Å². The third kappa shape index (κ3) is 2.20. The van der Waals surface area contributed by atoms with Crippen LogP contribution in [0.3, 0.4) is 0 Å². The van der Waals surface area contributed by atoms with E-state index in [1.165, 1.54) is 12.1 Å². The van der Waals surface area contributed by atoms with Crippen molar-refractivity contribution in [3.63, 3.8) is 0 Å². The van der Waals surface area contributed by atoms with E-state index in [-0.39, 0.29) is 15.7 Å². The molecule has 0 saturated heterocycles. The number of hydrogen-bond acceptors (Lipinski definition) is 3. The van der Waals surface area contributed by atoms with Crippen molar-refractivity contribution in [2.24, 2.45) is 5.73 Å². The summed E-state index contributed by atoms with van der Waals surface area (Å²) in [6.07, 6.45) is 3.22. The monoisotopic (exact) mass is 253 g/mol. The van der Waals surface area contributed by atoms with Crippen molar-refractivity contribution < 1.29 is 13.2 Å². The van der Waals surface area contributed by atoms with Crippen LogP contribution in [0.15, 0.2) is 29.2 Å². The number of amides is 1. The molecular weight excluding hydrogens is 238 g/mol. The SMILES string of the molecule is NC(=O)c1ccccc1S(=O)(=O)C1CCCC1. The lowest BCUT2D eigenvalue weighted by Gasteiger charge is -2.13. The van der Waals surface area contributed by atoms with Gasteiger partial charge in [0.15, 0.2) is 9.84 Å². The maximum atomic E-state index is 12.4. The number of carbonyl (C=O) groups excluding carboxylic acids is 1. The number of sulfone groups is 1. The third-order valence-corrected chi connectivity index (χ3v) is 5.52. The first-order valence-electron chi connectivity index (χ1n) is 5.66. The van der Waals surface area contributed by atoms with Crippen molar-refractivity contribution in [3.8, 4) is 0 Å². The van der Waals surface area contributed by atoms with E-state index in [1.807, 2.05) is 0 Å². The Hall–Kier alpha value is -1.36. The van der Waals surface area contributed by atoms with Crippen molar-refractivity contribution in [2.75, 3.05) is 0 Å². The van der Waals surface area contributed by atoms with Crippen LogP contribution < -0.4 is 5.73 Å². The van der Waals surface area contributed by atoms with E-state index in [4.69, 9.17) is 5.73 Å². The Bertz CT molecular complexity index is 530. The minimum absolute atomic E-state index is 0.0828. The topological polar surface area (TPSA) is 77.2 Å². The second kappa shape index (κ2) is 4.49. The summed E-state index contributed by atoms with van der Waals surface area (Å²) in [5.41, 5.74) is 5.30. The van der Waals surface area contributed by atoms with E-state index >= 15 is 0 Å². The minimum Gasteiger partial charge on any atom is -0.366 e. The van der Waals surface area contributed by atoms with Crippen molar-refractivity contribution in [2.45, 2.75) is 35.8 Å². The van der Waals surface area contributed by atoms with E-state index in [2.05, 4.69) is 0 Å². The van der Waals surface area contributed by atoms with Gasteiger partial charge in [0.1, 0.15) is 0 Å². The van der Waals surface area contributed by atoms with Gasteiger partial charge in [-0.2, -0.15) is 0 Å². The fourth-order valence-electron chi connectivity index (χ4n) is 2.30. The fourth-order valence-corrected chi connectivity index (χ4v) is 4.35. The van der Waals surface area contributed by atoms with Gasteiger partial charge in [-0.15, -0.1) is 0 Å².